The monoisotopic (exact) mass is 317 g/mol. The van der Waals surface area contributed by atoms with Crippen LogP contribution in [0.25, 0.3) is 0 Å². The van der Waals surface area contributed by atoms with Gasteiger partial charge in [-0.2, -0.15) is 16.4 Å². The second kappa shape index (κ2) is 6.81. The Bertz CT molecular complexity index is 727. The molecule has 1 unspecified atom stereocenters. The summed E-state index contributed by atoms with van der Waals surface area (Å²) in [5.41, 5.74) is 3.32. The first-order valence-electron chi connectivity index (χ1n) is 7.04. The Balaban J connectivity index is 1.65. The highest BCUT2D eigenvalue weighted by molar-refractivity contribution is 7.08. The zero-order valence-corrected chi connectivity index (χ0v) is 12.7. The average molecular weight is 317 g/mol. The molecule has 4 nitrogen and oxygen atoms in total. The fraction of sp³-hybridized carbons (Fsp3) is 0.250. The van der Waals surface area contributed by atoms with Crippen molar-refractivity contribution < 1.29 is 9.50 Å². The fourth-order valence-corrected chi connectivity index (χ4v) is 3.30. The average Bonchev–Trinajstić information content (AvgIpc) is 3.16. The molecule has 1 aromatic carbocycles. The van der Waals surface area contributed by atoms with Gasteiger partial charge in [0, 0.05) is 0 Å². The molecule has 0 aliphatic rings. The minimum absolute atomic E-state index is 0.213. The Hall–Kier alpha value is -2.05. The summed E-state index contributed by atoms with van der Waals surface area (Å²) in [6, 6.07) is 6.66. The maximum Gasteiger partial charge on any atom is 0.153 e. The maximum atomic E-state index is 13.3. The molecule has 1 atom stereocenters. The number of nitrogens with zero attached hydrogens (tertiary/aromatic N) is 2. The van der Waals surface area contributed by atoms with E-state index in [9.17, 15) is 9.50 Å². The molecule has 3 rings (SSSR count). The van der Waals surface area contributed by atoms with Crippen molar-refractivity contribution in [3.8, 4) is 0 Å². The van der Waals surface area contributed by atoms with Gasteiger partial charge in [0.25, 0.3) is 0 Å². The lowest BCUT2D eigenvalue weighted by Crippen LogP contribution is -2.03. The van der Waals surface area contributed by atoms with Crippen molar-refractivity contribution in [3.05, 3.63) is 69.7 Å². The van der Waals surface area contributed by atoms with Crippen LogP contribution in [0.2, 0.25) is 0 Å². The molecule has 0 aliphatic carbocycles. The molecule has 3 aromatic rings. The van der Waals surface area contributed by atoms with Gasteiger partial charge in [-0.3, -0.25) is 5.10 Å². The Morgan fingerprint density at radius 2 is 2.14 bits per heavy atom. The summed E-state index contributed by atoms with van der Waals surface area (Å²) in [7, 11) is 0. The van der Waals surface area contributed by atoms with Crippen molar-refractivity contribution in [1.82, 2.24) is 15.2 Å². The van der Waals surface area contributed by atoms with E-state index in [1.54, 1.807) is 23.5 Å². The largest absolute Gasteiger partial charge is 0.385 e. The summed E-state index contributed by atoms with van der Waals surface area (Å²) in [5, 5.41) is 20.6. The van der Waals surface area contributed by atoms with Gasteiger partial charge in [0.2, 0.25) is 0 Å². The second-order valence-corrected chi connectivity index (χ2v) is 5.90. The van der Waals surface area contributed by atoms with Crippen LogP contribution < -0.4 is 0 Å². The normalized spacial score (nSPS) is 12.5. The topological polar surface area (TPSA) is 61.8 Å². The van der Waals surface area contributed by atoms with Gasteiger partial charge in [-0.15, -0.1) is 0 Å². The van der Waals surface area contributed by atoms with Crippen LogP contribution in [-0.4, -0.2) is 20.3 Å². The molecular weight excluding hydrogens is 301 g/mol. The first-order chi connectivity index (χ1) is 10.7. The number of hydrogen-bond acceptors (Lipinski definition) is 4. The van der Waals surface area contributed by atoms with Crippen LogP contribution in [0.1, 0.15) is 35.0 Å². The van der Waals surface area contributed by atoms with E-state index in [1.807, 2.05) is 6.07 Å². The first kappa shape index (κ1) is 14.9. The Morgan fingerprint density at radius 1 is 1.27 bits per heavy atom. The highest BCUT2D eigenvalue weighted by Crippen LogP contribution is 2.23. The van der Waals surface area contributed by atoms with Crippen LogP contribution in [0.4, 0.5) is 4.39 Å². The number of aliphatic hydroxyl groups excluding tert-OH is 1. The number of benzene rings is 1. The first-order valence-corrected chi connectivity index (χ1v) is 7.98. The molecule has 114 valence electrons. The van der Waals surface area contributed by atoms with E-state index < -0.39 is 6.10 Å². The molecule has 2 heterocycles. The lowest BCUT2D eigenvalue weighted by molar-refractivity contribution is 0.158. The molecule has 0 aliphatic heterocycles. The molecule has 6 heteroatoms. The predicted octanol–water partition coefficient (Wildman–Crippen LogP) is 3.26. The van der Waals surface area contributed by atoms with Crippen LogP contribution in [0.3, 0.4) is 0 Å². The van der Waals surface area contributed by atoms with Gasteiger partial charge >= 0.3 is 0 Å². The third-order valence-electron chi connectivity index (χ3n) is 3.55. The van der Waals surface area contributed by atoms with Gasteiger partial charge in [-0.05, 0) is 58.8 Å². The summed E-state index contributed by atoms with van der Waals surface area (Å²) in [4.78, 5) is 3.96. The van der Waals surface area contributed by atoms with Crippen LogP contribution in [-0.2, 0) is 12.8 Å². The highest BCUT2D eigenvalue weighted by atomic mass is 32.1. The van der Waals surface area contributed by atoms with Crippen LogP contribution in [0, 0.1) is 5.82 Å². The smallest absolute Gasteiger partial charge is 0.153 e. The molecule has 0 saturated carbocycles. The van der Waals surface area contributed by atoms with Crippen molar-refractivity contribution in [1.29, 1.82) is 0 Å². The molecule has 2 N–H and O–H groups in total. The molecular formula is C16H16FN3OS. The van der Waals surface area contributed by atoms with Crippen molar-refractivity contribution in [3.63, 3.8) is 0 Å². The summed E-state index contributed by atoms with van der Waals surface area (Å²) in [5.74, 6) is 0.275. The van der Waals surface area contributed by atoms with Gasteiger partial charge in [0.15, 0.2) is 5.82 Å². The van der Waals surface area contributed by atoms with Gasteiger partial charge in [0.1, 0.15) is 18.2 Å². The number of halogens is 1. The third-order valence-corrected chi connectivity index (χ3v) is 4.39. The zero-order chi connectivity index (χ0) is 15.4. The Labute approximate surface area is 131 Å². The second-order valence-electron chi connectivity index (χ2n) is 5.15. The standard InChI is InChI=1S/C16H16FN3OS/c17-14-3-1-2-11(7-14)6-13-9-22-8-12(13)4-5-15(21)16-18-10-19-20-16/h1-3,7-10,15,21H,4-6H2,(H,18,19,20). The number of thiophene rings is 1. The van der Waals surface area contributed by atoms with E-state index in [-0.39, 0.29) is 5.82 Å². The van der Waals surface area contributed by atoms with E-state index in [0.717, 1.165) is 12.0 Å². The molecule has 0 saturated heterocycles. The predicted molar refractivity (Wildman–Crippen MR) is 83.2 cm³/mol. The lowest BCUT2D eigenvalue weighted by atomic mass is 10.00. The summed E-state index contributed by atoms with van der Waals surface area (Å²) in [6.45, 7) is 0. The molecule has 0 bridgehead atoms. The summed E-state index contributed by atoms with van der Waals surface area (Å²) >= 11 is 1.63. The molecule has 2 aromatic heterocycles. The lowest BCUT2D eigenvalue weighted by Gasteiger charge is -2.08. The minimum atomic E-state index is -0.649. The van der Waals surface area contributed by atoms with Gasteiger partial charge in [-0.25, -0.2) is 9.37 Å². The molecule has 22 heavy (non-hydrogen) atoms. The summed E-state index contributed by atoms with van der Waals surface area (Å²) < 4.78 is 13.3. The van der Waals surface area contributed by atoms with E-state index in [2.05, 4.69) is 25.9 Å². The van der Waals surface area contributed by atoms with Gasteiger partial charge in [0.05, 0.1) is 0 Å². The number of aliphatic hydroxyl groups is 1. The van der Waals surface area contributed by atoms with Crippen molar-refractivity contribution in [2.75, 3.05) is 0 Å². The number of aromatic nitrogens is 3. The molecule has 0 radical (unpaired) electrons. The van der Waals surface area contributed by atoms with E-state index in [0.29, 0.717) is 18.7 Å². The molecule has 0 amide bonds. The van der Waals surface area contributed by atoms with Crippen LogP contribution in [0.15, 0.2) is 41.4 Å². The third kappa shape index (κ3) is 3.58. The number of H-pyrrole nitrogens is 1. The Morgan fingerprint density at radius 3 is 2.91 bits per heavy atom. The SMILES string of the molecule is OC(CCc1cscc1Cc1cccc(F)c1)c1ncn[nH]1. The summed E-state index contributed by atoms with van der Waals surface area (Å²) in [6.07, 6.45) is 2.76. The van der Waals surface area contributed by atoms with Crippen molar-refractivity contribution in [2.45, 2.75) is 25.4 Å². The van der Waals surface area contributed by atoms with E-state index in [4.69, 9.17) is 0 Å². The number of aromatic amines is 1. The van der Waals surface area contributed by atoms with Crippen molar-refractivity contribution in [2.24, 2.45) is 0 Å². The Kier molecular flexibility index (Phi) is 4.60. The van der Waals surface area contributed by atoms with Gasteiger partial charge in [-0.1, -0.05) is 12.1 Å². The van der Waals surface area contributed by atoms with Crippen LogP contribution in [0.5, 0.6) is 0 Å². The van der Waals surface area contributed by atoms with E-state index >= 15 is 0 Å². The highest BCUT2D eigenvalue weighted by Gasteiger charge is 2.13. The van der Waals surface area contributed by atoms with Crippen molar-refractivity contribution >= 4 is 11.3 Å². The zero-order valence-electron chi connectivity index (χ0n) is 11.9. The number of hydrogen-bond donors (Lipinski definition) is 2. The minimum Gasteiger partial charge on any atom is -0.385 e. The maximum absolute atomic E-state index is 13.3. The number of nitrogens with one attached hydrogen (secondary N) is 1. The quantitative estimate of drug-likeness (QED) is 0.733. The fourth-order valence-electron chi connectivity index (χ4n) is 2.40. The molecule has 0 spiro atoms. The number of rotatable bonds is 6. The van der Waals surface area contributed by atoms with Crippen LogP contribution >= 0.6 is 11.3 Å². The van der Waals surface area contributed by atoms with E-state index in [1.165, 1.54) is 23.5 Å². The number of aryl methyl sites for hydroxylation is 1. The van der Waals surface area contributed by atoms with Gasteiger partial charge < -0.3 is 5.11 Å². The molecule has 0 fully saturated rings.